The molecule has 0 saturated carbocycles. The first-order chi connectivity index (χ1) is 8.74. The van der Waals surface area contributed by atoms with Gasteiger partial charge in [0.05, 0.1) is 5.92 Å². The van der Waals surface area contributed by atoms with Crippen LogP contribution in [0, 0.1) is 0 Å². The number of phenols is 1. The van der Waals surface area contributed by atoms with Crippen molar-refractivity contribution in [1.29, 1.82) is 0 Å². The third kappa shape index (κ3) is 2.59. The number of aromatic hydroxyl groups is 1. The molecule has 2 aromatic rings. The lowest BCUT2D eigenvalue weighted by Crippen LogP contribution is -2.14. The van der Waals surface area contributed by atoms with Gasteiger partial charge in [-0.3, -0.25) is 0 Å². The number of imidazole rings is 1. The van der Waals surface area contributed by atoms with Gasteiger partial charge in [-0.05, 0) is 11.5 Å². The van der Waals surface area contributed by atoms with E-state index in [1.807, 2.05) is 23.6 Å². The zero-order valence-electron chi connectivity index (χ0n) is 10.2. The number of hydrogen-bond donors (Lipinski definition) is 2. The van der Waals surface area contributed by atoms with Gasteiger partial charge in [0.25, 0.3) is 0 Å². The molecule has 0 aliphatic heterocycles. The van der Waals surface area contributed by atoms with Gasteiger partial charge < -0.3 is 10.1 Å². The largest absolute Gasteiger partial charge is 0.508 e. The fourth-order valence-corrected chi connectivity index (χ4v) is 2.79. The molecule has 3 nitrogen and oxygen atoms in total. The minimum Gasteiger partial charge on any atom is -0.508 e. The Morgan fingerprint density at radius 3 is 2.83 bits per heavy atom. The topological polar surface area (TPSA) is 48.9 Å². The highest BCUT2D eigenvalue weighted by Gasteiger charge is 2.25. The van der Waals surface area contributed by atoms with Gasteiger partial charge in [0.15, 0.2) is 0 Å². The Hall–Kier alpha value is -1.68. The molecule has 18 heavy (non-hydrogen) atoms. The van der Waals surface area contributed by atoms with Crippen LogP contribution in [0.3, 0.4) is 0 Å². The molecule has 4 heteroatoms. The fourth-order valence-electron chi connectivity index (χ4n) is 2.05. The highest BCUT2D eigenvalue weighted by molar-refractivity contribution is 8.02. The Kier molecular flexibility index (Phi) is 4.10. The molecule has 2 rings (SSSR count). The van der Waals surface area contributed by atoms with Crippen molar-refractivity contribution in [2.45, 2.75) is 18.1 Å². The molecule has 1 aromatic carbocycles. The number of nitrogens with one attached hydrogen (secondary N) is 1. The van der Waals surface area contributed by atoms with Crippen molar-refractivity contribution in [1.82, 2.24) is 9.97 Å². The van der Waals surface area contributed by atoms with Crippen LogP contribution >= 0.6 is 11.8 Å². The first kappa shape index (κ1) is 12.8. The van der Waals surface area contributed by atoms with E-state index in [4.69, 9.17) is 0 Å². The summed E-state index contributed by atoms with van der Waals surface area (Å²) in [5, 5.41) is 12.1. The molecule has 0 aliphatic carbocycles. The zero-order valence-corrected chi connectivity index (χ0v) is 11.0. The van der Waals surface area contributed by atoms with Gasteiger partial charge in [0.2, 0.25) is 0 Å². The average Bonchev–Trinajstić information content (AvgIpc) is 2.86. The van der Waals surface area contributed by atoms with E-state index in [0.29, 0.717) is 5.75 Å². The molecule has 2 N–H and O–H groups in total. The number of hydrogen-bond acceptors (Lipinski definition) is 3. The minimum absolute atomic E-state index is 0.0178. The van der Waals surface area contributed by atoms with Crippen LogP contribution in [0.4, 0.5) is 0 Å². The van der Waals surface area contributed by atoms with E-state index in [2.05, 4.69) is 23.5 Å². The normalized spacial score (nSPS) is 14.1. The molecule has 1 heterocycles. The molecule has 1 aromatic heterocycles. The number of phenolic OH excluding ortho intramolecular Hbond substituents is 1. The van der Waals surface area contributed by atoms with E-state index in [-0.39, 0.29) is 11.2 Å². The van der Waals surface area contributed by atoms with Gasteiger partial charge in [-0.1, -0.05) is 31.7 Å². The summed E-state index contributed by atoms with van der Waals surface area (Å²) in [4.78, 5) is 7.46. The molecule has 0 spiro atoms. The predicted molar refractivity (Wildman–Crippen MR) is 75.8 cm³/mol. The molecule has 0 aliphatic rings. The van der Waals surface area contributed by atoms with E-state index in [9.17, 15) is 5.11 Å². The van der Waals surface area contributed by atoms with Crippen molar-refractivity contribution in [2.75, 3.05) is 0 Å². The van der Waals surface area contributed by atoms with Gasteiger partial charge in [0, 0.05) is 23.2 Å². The smallest absolute Gasteiger partial charge is 0.119 e. The molecule has 0 bridgehead atoms. The van der Waals surface area contributed by atoms with Crippen molar-refractivity contribution in [3.8, 4) is 5.75 Å². The molecule has 2 unspecified atom stereocenters. The number of nitrogens with zero attached hydrogens (tertiary/aromatic N) is 1. The molecule has 0 saturated heterocycles. The quantitative estimate of drug-likeness (QED) is 0.865. The molecule has 0 amide bonds. The number of thioether (sulfide) groups is 1. The van der Waals surface area contributed by atoms with Crippen LogP contribution in [0.5, 0.6) is 5.75 Å². The van der Waals surface area contributed by atoms with Crippen LogP contribution < -0.4 is 0 Å². The molecule has 94 valence electrons. The third-order valence-electron chi connectivity index (χ3n) is 2.87. The number of benzene rings is 1. The second-order valence-corrected chi connectivity index (χ2v) is 5.37. The van der Waals surface area contributed by atoms with Gasteiger partial charge in [0.1, 0.15) is 11.6 Å². The molecule has 2 atom stereocenters. The summed E-state index contributed by atoms with van der Waals surface area (Å²) in [6.45, 7) is 5.85. The van der Waals surface area contributed by atoms with Crippen molar-refractivity contribution in [2.24, 2.45) is 0 Å². The Morgan fingerprint density at radius 2 is 2.22 bits per heavy atom. The maximum atomic E-state index is 10.0. The molecule has 0 fully saturated rings. The summed E-state index contributed by atoms with van der Waals surface area (Å²) in [5.74, 6) is 1.18. The molecular formula is C14H16N2OS. The van der Waals surface area contributed by atoms with Crippen LogP contribution in [0.2, 0.25) is 0 Å². The standard InChI is InChI=1S/C14H16N2OS/c1-3-18-10(2)13(14-15-8-9-16-14)11-6-4-5-7-12(11)17/h3-10,13,17H,1H2,2H3,(H,15,16). The van der Waals surface area contributed by atoms with Gasteiger partial charge >= 0.3 is 0 Å². The Morgan fingerprint density at radius 1 is 1.44 bits per heavy atom. The second kappa shape index (κ2) is 5.78. The first-order valence-electron chi connectivity index (χ1n) is 5.77. The maximum Gasteiger partial charge on any atom is 0.119 e. The molecule has 0 radical (unpaired) electrons. The summed E-state index contributed by atoms with van der Waals surface area (Å²) >= 11 is 1.63. The minimum atomic E-state index is 0.0178. The van der Waals surface area contributed by atoms with Gasteiger partial charge in [-0.2, -0.15) is 0 Å². The summed E-state index contributed by atoms with van der Waals surface area (Å²) in [7, 11) is 0. The number of aromatic nitrogens is 2. The lowest BCUT2D eigenvalue weighted by molar-refractivity contribution is 0.463. The number of para-hydroxylation sites is 1. The Bertz CT molecular complexity index is 510. The first-order valence-corrected chi connectivity index (χ1v) is 6.72. The van der Waals surface area contributed by atoms with Crippen molar-refractivity contribution >= 4 is 11.8 Å². The van der Waals surface area contributed by atoms with Crippen LogP contribution in [-0.2, 0) is 0 Å². The van der Waals surface area contributed by atoms with Crippen LogP contribution in [0.1, 0.15) is 24.2 Å². The third-order valence-corrected chi connectivity index (χ3v) is 3.76. The second-order valence-electron chi connectivity index (χ2n) is 4.02. The summed E-state index contributed by atoms with van der Waals surface area (Å²) in [6.07, 6.45) is 3.53. The number of aromatic amines is 1. The van der Waals surface area contributed by atoms with Crippen LogP contribution in [0.25, 0.3) is 0 Å². The van der Waals surface area contributed by atoms with Crippen molar-refractivity contribution in [3.05, 3.63) is 60.0 Å². The van der Waals surface area contributed by atoms with E-state index in [0.717, 1.165) is 11.4 Å². The van der Waals surface area contributed by atoms with Crippen molar-refractivity contribution in [3.63, 3.8) is 0 Å². The zero-order chi connectivity index (χ0) is 13.0. The lowest BCUT2D eigenvalue weighted by atomic mass is 9.94. The number of H-pyrrole nitrogens is 1. The summed E-state index contributed by atoms with van der Waals surface area (Å²) in [6, 6.07) is 7.39. The monoisotopic (exact) mass is 260 g/mol. The summed E-state index contributed by atoms with van der Waals surface area (Å²) < 4.78 is 0. The van der Waals surface area contributed by atoms with Crippen LogP contribution in [-0.4, -0.2) is 20.3 Å². The van der Waals surface area contributed by atoms with E-state index in [1.54, 1.807) is 30.2 Å². The Labute approximate surface area is 111 Å². The summed E-state index contributed by atoms with van der Waals surface area (Å²) in [5.41, 5.74) is 0.884. The SMILES string of the molecule is C=CSC(C)C(c1ncc[nH]1)c1ccccc1O. The predicted octanol–water partition coefficient (Wildman–Crippen LogP) is 3.51. The van der Waals surface area contributed by atoms with E-state index >= 15 is 0 Å². The number of rotatable bonds is 5. The van der Waals surface area contributed by atoms with E-state index < -0.39 is 0 Å². The van der Waals surface area contributed by atoms with Crippen molar-refractivity contribution < 1.29 is 5.11 Å². The lowest BCUT2D eigenvalue weighted by Gasteiger charge is -2.22. The Balaban J connectivity index is 2.42. The van der Waals surface area contributed by atoms with E-state index in [1.165, 1.54) is 0 Å². The van der Waals surface area contributed by atoms with Crippen LogP contribution in [0.15, 0.2) is 48.6 Å². The highest BCUT2D eigenvalue weighted by Crippen LogP contribution is 2.37. The maximum absolute atomic E-state index is 10.0. The van der Waals surface area contributed by atoms with Gasteiger partial charge in [-0.25, -0.2) is 4.98 Å². The fraction of sp³-hybridized carbons (Fsp3) is 0.214. The average molecular weight is 260 g/mol. The molecular weight excluding hydrogens is 244 g/mol. The highest BCUT2D eigenvalue weighted by atomic mass is 32.2. The van der Waals surface area contributed by atoms with Gasteiger partial charge in [-0.15, -0.1) is 11.8 Å².